The Morgan fingerprint density at radius 3 is 2.49 bits per heavy atom. The van der Waals surface area contributed by atoms with Crippen molar-refractivity contribution in [1.82, 2.24) is 9.55 Å². The van der Waals surface area contributed by atoms with Crippen molar-refractivity contribution >= 4 is 34.6 Å². The van der Waals surface area contributed by atoms with Crippen molar-refractivity contribution in [3.05, 3.63) is 72.1 Å². The Hall–Kier alpha value is -3.98. The second-order valence-electron chi connectivity index (χ2n) is 8.73. The summed E-state index contributed by atoms with van der Waals surface area (Å²) in [7, 11) is 0. The second-order valence-corrected chi connectivity index (χ2v) is 9.09. The third-order valence-corrected chi connectivity index (χ3v) is 6.95. The first-order valence-electron chi connectivity index (χ1n) is 11.3. The highest BCUT2D eigenvalue weighted by atomic mass is 32.1. The Labute approximate surface area is 214 Å². The van der Waals surface area contributed by atoms with Crippen LogP contribution in [-0.4, -0.2) is 32.7 Å². The van der Waals surface area contributed by atoms with Crippen molar-refractivity contribution in [3.63, 3.8) is 0 Å². The van der Waals surface area contributed by atoms with Crippen molar-refractivity contribution in [2.45, 2.75) is 37.5 Å². The number of carbonyl (C=O) groups excluding carboxylic acids is 1. The third-order valence-electron chi connectivity index (χ3n) is 6.58. The molecule has 1 aliphatic heterocycles. The van der Waals surface area contributed by atoms with Gasteiger partial charge in [-0.1, -0.05) is 0 Å². The molecule has 0 bridgehead atoms. The molecule has 2 aromatic heterocycles. The number of nitriles is 1. The zero-order valence-electron chi connectivity index (χ0n) is 19.2. The summed E-state index contributed by atoms with van der Waals surface area (Å²) >= 11 is 5.54. The van der Waals surface area contributed by atoms with Crippen molar-refractivity contribution in [1.29, 1.82) is 5.26 Å². The number of amides is 1. The third kappa shape index (κ3) is 4.19. The van der Waals surface area contributed by atoms with E-state index in [2.05, 4.69) is 4.98 Å². The summed E-state index contributed by atoms with van der Waals surface area (Å²) in [5.74, 6) is -1.15. The largest absolute Gasteiger partial charge is 0.489 e. The molecule has 0 N–H and O–H groups in total. The maximum absolute atomic E-state index is 15.0. The fourth-order valence-electron chi connectivity index (χ4n) is 4.62. The first-order valence-corrected chi connectivity index (χ1v) is 11.8. The van der Waals surface area contributed by atoms with Crippen molar-refractivity contribution in [3.8, 4) is 11.8 Å². The van der Waals surface area contributed by atoms with Crippen LogP contribution in [0.25, 0.3) is 0 Å². The molecule has 1 aromatic carbocycles. The van der Waals surface area contributed by atoms with E-state index in [4.69, 9.17) is 22.2 Å². The topological polar surface area (TPSA) is 74.4 Å². The van der Waals surface area contributed by atoms with Crippen LogP contribution in [0.4, 0.5) is 28.9 Å². The van der Waals surface area contributed by atoms with Crippen LogP contribution in [0.5, 0.6) is 5.75 Å². The molecule has 3 heterocycles. The molecule has 5 rings (SSSR count). The Balaban J connectivity index is 1.44. The number of aromatic nitrogens is 2. The molecule has 1 saturated carbocycles. The first-order chi connectivity index (χ1) is 17.7. The van der Waals surface area contributed by atoms with Gasteiger partial charge < -0.3 is 14.2 Å². The van der Waals surface area contributed by atoms with Crippen molar-refractivity contribution in [2.75, 3.05) is 16.4 Å². The summed E-state index contributed by atoms with van der Waals surface area (Å²) < 4.78 is 63.0. The van der Waals surface area contributed by atoms with Gasteiger partial charge in [0.15, 0.2) is 22.4 Å². The molecule has 12 heteroatoms. The molecule has 3 aromatic rings. The number of thiocarbonyl (C=S) groups is 1. The molecule has 37 heavy (non-hydrogen) atoms. The van der Waals surface area contributed by atoms with Gasteiger partial charge in [0.2, 0.25) is 0 Å². The molecule has 1 spiro atoms. The van der Waals surface area contributed by atoms with E-state index in [-0.39, 0.29) is 28.8 Å². The van der Waals surface area contributed by atoms with E-state index in [0.717, 1.165) is 11.1 Å². The number of pyridine rings is 1. The Kier molecular flexibility index (Phi) is 6.11. The van der Waals surface area contributed by atoms with Crippen LogP contribution in [0.3, 0.4) is 0 Å². The lowest BCUT2D eigenvalue weighted by molar-refractivity contribution is -0.138. The summed E-state index contributed by atoms with van der Waals surface area (Å²) in [5, 5.41) is 8.95. The molecule has 1 saturated heterocycles. The number of alkyl halides is 3. The minimum absolute atomic E-state index is 0.0259. The lowest BCUT2D eigenvalue weighted by Gasteiger charge is -2.43. The molecule has 0 radical (unpaired) electrons. The Morgan fingerprint density at radius 2 is 1.89 bits per heavy atom. The van der Waals surface area contributed by atoms with E-state index in [1.807, 2.05) is 29.1 Å². The van der Waals surface area contributed by atoms with Gasteiger partial charge in [0, 0.05) is 24.1 Å². The highest BCUT2D eigenvalue weighted by Crippen LogP contribution is 2.48. The van der Waals surface area contributed by atoms with Gasteiger partial charge in [0.1, 0.15) is 18.2 Å². The monoisotopic (exact) mass is 529 g/mol. The number of nitrogens with zero attached hydrogens (tertiary/aromatic N) is 5. The zero-order chi connectivity index (χ0) is 26.4. The van der Waals surface area contributed by atoms with Crippen LogP contribution in [-0.2, 0) is 17.5 Å². The summed E-state index contributed by atoms with van der Waals surface area (Å²) in [5.41, 5.74) is -3.13. The van der Waals surface area contributed by atoms with E-state index in [1.54, 1.807) is 6.07 Å². The number of anilines is 2. The molecule has 2 fully saturated rings. The summed E-state index contributed by atoms with van der Waals surface area (Å²) in [6.07, 6.45) is 1.37. The minimum atomic E-state index is -4.85. The number of hydrogen-bond donors (Lipinski definition) is 0. The van der Waals surface area contributed by atoms with Crippen LogP contribution >= 0.6 is 12.2 Å². The Bertz CT molecular complexity index is 1410. The average molecular weight is 530 g/mol. The lowest BCUT2D eigenvalue weighted by Crippen LogP contribution is -2.55. The van der Waals surface area contributed by atoms with Crippen LogP contribution < -0.4 is 14.5 Å². The van der Waals surface area contributed by atoms with Crippen LogP contribution in [0.1, 0.15) is 30.5 Å². The molecule has 7 nitrogen and oxygen atoms in total. The van der Waals surface area contributed by atoms with Gasteiger partial charge in [0.05, 0.1) is 24.0 Å². The molecule has 0 unspecified atom stereocenters. The van der Waals surface area contributed by atoms with E-state index in [0.29, 0.717) is 31.9 Å². The lowest BCUT2D eigenvalue weighted by atomic mass is 9.75. The van der Waals surface area contributed by atoms with Gasteiger partial charge in [-0.25, -0.2) is 9.37 Å². The van der Waals surface area contributed by atoms with Gasteiger partial charge in [-0.05, 0) is 61.8 Å². The van der Waals surface area contributed by atoms with Gasteiger partial charge in [-0.3, -0.25) is 9.69 Å². The van der Waals surface area contributed by atoms with E-state index < -0.39 is 34.7 Å². The molecule has 1 aliphatic carbocycles. The number of carbonyl (C=O) groups is 1. The smallest absolute Gasteiger partial charge is 0.419 e. The first kappa shape index (κ1) is 24.7. The highest BCUT2D eigenvalue weighted by molar-refractivity contribution is 7.81. The van der Waals surface area contributed by atoms with Gasteiger partial charge in [-0.2, -0.15) is 18.4 Å². The number of hydrogen-bond acceptors (Lipinski definition) is 5. The number of rotatable bonds is 6. The van der Waals surface area contributed by atoms with Gasteiger partial charge in [0.25, 0.3) is 5.91 Å². The van der Waals surface area contributed by atoms with E-state index in [9.17, 15) is 22.4 Å². The summed E-state index contributed by atoms with van der Waals surface area (Å²) in [6.45, 7) is 0.756. The second kappa shape index (κ2) is 9.15. The molecule has 0 atom stereocenters. The summed E-state index contributed by atoms with van der Waals surface area (Å²) in [4.78, 5) is 19.6. The number of ether oxygens (including phenoxy) is 1. The molecule has 1 amide bonds. The predicted octanol–water partition coefficient (Wildman–Crippen LogP) is 5.05. The fourth-order valence-corrected chi connectivity index (χ4v) is 5.08. The molecule has 2 aliphatic rings. The minimum Gasteiger partial charge on any atom is -0.489 e. The van der Waals surface area contributed by atoms with Crippen molar-refractivity contribution < 1.29 is 27.1 Å². The molecular formula is C25H19F4N5O2S. The van der Waals surface area contributed by atoms with E-state index in [1.165, 1.54) is 23.1 Å². The number of halogens is 4. The molecular weight excluding hydrogens is 510 g/mol. The van der Waals surface area contributed by atoms with Crippen LogP contribution in [0.2, 0.25) is 0 Å². The highest BCUT2D eigenvalue weighted by Gasteiger charge is 2.59. The quantitative estimate of drug-likeness (QED) is 0.329. The van der Waals surface area contributed by atoms with Crippen LogP contribution in [0, 0.1) is 17.1 Å². The van der Waals surface area contributed by atoms with Crippen LogP contribution in [0.15, 0.2) is 55.0 Å². The zero-order valence-corrected chi connectivity index (χ0v) is 20.0. The predicted molar refractivity (Wildman–Crippen MR) is 129 cm³/mol. The van der Waals surface area contributed by atoms with Gasteiger partial charge in [-0.15, -0.1) is 0 Å². The maximum Gasteiger partial charge on any atom is 0.419 e. The standard InChI is InChI=1S/C25H19F4N5O2S/c26-19-13-16(4-5-21(19)36-11-10-32-8-1-2-9-32)34-23(37)33(22(35)24(34)6-3-7-24)17-12-18(25(27,28)29)20(14-30)31-15-17/h1-2,4-5,8-9,12-13,15H,3,6-7,10-11H2. The Morgan fingerprint density at radius 1 is 1.16 bits per heavy atom. The number of benzene rings is 1. The van der Waals surface area contributed by atoms with Gasteiger partial charge >= 0.3 is 6.18 Å². The van der Waals surface area contributed by atoms with E-state index >= 15 is 0 Å². The average Bonchev–Trinajstić information content (AvgIpc) is 3.43. The van der Waals surface area contributed by atoms with Crippen molar-refractivity contribution in [2.24, 2.45) is 0 Å². The maximum atomic E-state index is 15.0. The SMILES string of the molecule is N#Cc1ncc(N2C(=O)C3(CCC3)N(c3ccc(OCCn4cccc4)c(F)c3)C2=S)cc1C(F)(F)F. The normalized spacial score (nSPS) is 16.7. The molecule has 190 valence electrons. The summed E-state index contributed by atoms with van der Waals surface area (Å²) in [6, 6.07) is 10.0. The fraction of sp³-hybridized carbons (Fsp3) is 0.280.